The molecule has 0 saturated heterocycles. The van der Waals surface area contributed by atoms with Gasteiger partial charge in [0.05, 0.1) is 72.6 Å². The van der Waals surface area contributed by atoms with Crippen molar-refractivity contribution in [1.29, 1.82) is 0 Å². The summed E-state index contributed by atoms with van der Waals surface area (Å²) < 4.78 is 38.3. The molecule has 12 nitrogen and oxygen atoms in total. The fourth-order valence-electron chi connectivity index (χ4n) is 8.98. The molecule has 0 spiro atoms. The minimum Gasteiger partial charge on any atom is -0.544 e. The first kappa shape index (κ1) is 39.8. The normalized spacial score (nSPS) is 22.1. The number of unbranched alkanes of at least 4 members (excludes halogenated alkanes) is 1. The van der Waals surface area contributed by atoms with E-state index < -0.39 is 18.0 Å². The third kappa shape index (κ3) is 7.93. The van der Waals surface area contributed by atoms with Crippen molar-refractivity contribution in [3.8, 4) is 46.0 Å². The van der Waals surface area contributed by atoms with E-state index in [4.69, 9.17) is 28.4 Å². The molecule has 4 unspecified atom stereocenters. The van der Waals surface area contributed by atoms with Crippen LogP contribution < -0.4 is 38.6 Å². The Balaban J connectivity index is 1.53. The van der Waals surface area contributed by atoms with Crippen molar-refractivity contribution in [3.05, 3.63) is 94.0 Å². The van der Waals surface area contributed by atoms with E-state index in [1.165, 1.54) is 0 Å². The Morgan fingerprint density at radius 1 is 0.719 bits per heavy atom. The number of likely N-dealkylation sites (N-methyl/N-ethyl adjacent to an activating group) is 2. The molecule has 0 amide bonds. The molecule has 6 bridgehead atoms. The van der Waals surface area contributed by atoms with Gasteiger partial charge in [-0.25, -0.2) is 0 Å². The van der Waals surface area contributed by atoms with Crippen LogP contribution in [0.3, 0.4) is 0 Å². The van der Waals surface area contributed by atoms with Crippen molar-refractivity contribution < 1.29 is 57.2 Å². The lowest BCUT2D eigenvalue weighted by Crippen LogP contribution is -2.56. The van der Waals surface area contributed by atoms with Crippen LogP contribution in [-0.2, 0) is 35.3 Å². The molecule has 4 aromatic carbocycles. The summed E-state index contributed by atoms with van der Waals surface area (Å²) in [6, 6.07) is 18.8. The summed E-state index contributed by atoms with van der Waals surface area (Å²) in [7, 11) is 8.71. The molecule has 0 N–H and O–H groups in total. The van der Waals surface area contributed by atoms with E-state index >= 15 is 0 Å². The summed E-state index contributed by atoms with van der Waals surface area (Å²) in [5.74, 6) is 1.67. The molecular formula is C45H52N2O10. The van der Waals surface area contributed by atoms with Gasteiger partial charge in [-0.05, 0) is 71.1 Å². The predicted molar refractivity (Wildman–Crippen MR) is 208 cm³/mol. The number of rotatable bonds is 11. The van der Waals surface area contributed by atoms with Gasteiger partial charge in [0.1, 0.15) is 30.9 Å². The Morgan fingerprint density at radius 2 is 1.32 bits per heavy atom. The van der Waals surface area contributed by atoms with Crippen LogP contribution in [-0.4, -0.2) is 89.1 Å². The number of fused-ring (bicyclic) bond motifs is 2. The van der Waals surface area contributed by atoms with Gasteiger partial charge in [-0.1, -0.05) is 31.5 Å². The van der Waals surface area contributed by atoms with Crippen molar-refractivity contribution in [2.24, 2.45) is 0 Å². The maximum Gasteiger partial charge on any atom is 0.204 e. The summed E-state index contributed by atoms with van der Waals surface area (Å²) in [4.78, 5) is 24.8. The Labute approximate surface area is 334 Å². The molecule has 4 aromatic rings. The second-order valence-corrected chi connectivity index (χ2v) is 16.0. The van der Waals surface area contributed by atoms with Crippen LogP contribution in [0.5, 0.6) is 46.0 Å². The highest BCUT2D eigenvalue weighted by atomic mass is 16.6. The second kappa shape index (κ2) is 16.2. The summed E-state index contributed by atoms with van der Waals surface area (Å²) in [5, 5.41) is 24.8. The minimum atomic E-state index is -1.15. The zero-order valence-electron chi connectivity index (χ0n) is 33.7. The topological polar surface area (TPSA) is 136 Å². The van der Waals surface area contributed by atoms with Gasteiger partial charge in [0.25, 0.3) is 0 Å². The summed E-state index contributed by atoms with van der Waals surface area (Å²) in [5.41, 5.74) is 5.65. The van der Waals surface area contributed by atoms with E-state index in [9.17, 15) is 19.8 Å². The van der Waals surface area contributed by atoms with Crippen LogP contribution in [0.4, 0.5) is 0 Å². The third-order valence-electron chi connectivity index (χ3n) is 12.1. The number of carbonyl (C=O) groups excluding carboxylic acids is 2. The van der Waals surface area contributed by atoms with E-state index in [2.05, 4.69) is 6.92 Å². The average Bonchev–Trinajstić information content (AvgIpc) is 3.17. The molecular weight excluding hydrogens is 728 g/mol. The van der Waals surface area contributed by atoms with Crippen molar-refractivity contribution in [3.63, 3.8) is 0 Å². The van der Waals surface area contributed by atoms with Crippen LogP contribution >= 0.6 is 0 Å². The molecule has 57 heavy (non-hydrogen) atoms. The quantitative estimate of drug-likeness (QED) is 0.153. The summed E-state index contributed by atoms with van der Waals surface area (Å²) in [6.45, 7) is 3.20. The monoisotopic (exact) mass is 780 g/mol. The molecule has 0 fully saturated rings. The number of carboxylic acid groups (broad SMARTS) is 2. The number of benzene rings is 4. The third-order valence-corrected chi connectivity index (χ3v) is 12.1. The lowest BCUT2D eigenvalue weighted by Gasteiger charge is -2.47. The number of methoxy groups -OCH3 is 3. The zero-order valence-corrected chi connectivity index (χ0v) is 33.7. The highest BCUT2D eigenvalue weighted by Gasteiger charge is 2.45. The molecule has 4 heterocycles. The number of carboxylic acids is 2. The largest absolute Gasteiger partial charge is 0.544 e. The van der Waals surface area contributed by atoms with Gasteiger partial charge < -0.3 is 57.2 Å². The van der Waals surface area contributed by atoms with Crippen molar-refractivity contribution in [2.75, 3.05) is 68.2 Å². The molecule has 4 aliphatic rings. The summed E-state index contributed by atoms with van der Waals surface area (Å²) in [6.07, 6.45) is 3.81. The lowest BCUT2D eigenvalue weighted by molar-refractivity contribution is -0.936. The molecule has 302 valence electrons. The van der Waals surface area contributed by atoms with Crippen LogP contribution in [0, 0.1) is 0 Å². The SMILES string of the molecule is CCCCOc1c(OC)cc2c3c1Oc1cc4c(cc1OC)CC[N+](C)(CC(=O)[O-])C4Cc1ccc(cc1)Oc1cc(ccc1OC)CC3[N+](C)(CC(=O)[O-])CC2. The molecule has 4 atom stereocenters. The number of quaternary nitrogens is 2. The van der Waals surface area contributed by atoms with Gasteiger partial charge >= 0.3 is 0 Å². The Hall–Kier alpha value is -5.46. The maximum atomic E-state index is 12.5. The fraction of sp³-hybridized carbons (Fsp3) is 0.422. The number of ether oxygens (including phenoxy) is 6. The number of hydrogen-bond donors (Lipinski definition) is 0. The Kier molecular flexibility index (Phi) is 11.3. The molecule has 0 aliphatic carbocycles. The molecule has 4 aliphatic heterocycles. The predicted octanol–water partition coefficient (Wildman–Crippen LogP) is 4.86. The summed E-state index contributed by atoms with van der Waals surface area (Å²) >= 11 is 0. The van der Waals surface area contributed by atoms with Gasteiger partial charge in [0, 0.05) is 31.2 Å². The van der Waals surface area contributed by atoms with Gasteiger partial charge in [-0.3, -0.25) is 0 Å². The van der Waals surface area contributed by atoms with Crippen LogP contribution in [0.15, 0.2) is 60.7 Å². The molecule has 8 rings (SSSR count). The second-order valence-electron chi connectivity index (χ2n) is 16.0. The number of aliphatic carboxylic acids is 2. The van der Waals surface area contributed by atoms with Gasteiger partial charge in [0.15, 0.2) is 34.5 Å². The van der Waals surface area contributed by atoms with Gasteiger partial charge in [0.2, 0.25) is 5.75 Å². The first-order valence-corrected chi connectivity index (χ1v) is 19.7. The number of nitrogens with zero attached hydrogens (tertiary/aromatic N) is 2. The molecule has 0 aromatic heterocycles. The van der Waals surface area contributed by atoms with Crippen molar-refractivity contribution >= 4 is 11.9 Å². The standard InChI is InChI=1S/C45H52N2O10/c1-7-8-19-55-44-40(54-6)24-31-16-18-47(3,27-42(50)51)35-21-29-11-14-36(52-4)38(22-29)56-32-12-9-28(10-13-32)20-34-33-25-39(57-45(44)43(31)35)37(53-5)23-30(33)15-17-46(34,2)26-41(48)49/h9-14,22-25,34-35H,7-8,15-21,26-27H2,1-6H3. The minimum absolute atomic E-state index is 0.137. The first-order valence-electron chi connectivity index (χ1n) is 19.7. The van der Waals surface area contributed by atoms with Crippen LogP contribution in [0.1, 0.15) is 65.2 Å². The van der Waals surface area contributed by atoms with Gasteiger partial charge in [-0.15, -0.1) is 0 Å². The lowest BCUT2D eigenvalue weighted by atomic mass is 9.85. The van der Waals surface area contributed by atoms with E-state index in [-0.39, 0.29) is 28.1 Å². The number of hydrogen-bond acceptors (Lipinski definition) is 10. The van der Waals surface area contributed by atoms with E-state index in [1.807, 2.05) is 74.8 Å². The maximum absolute atomic E-state index is 12.5. The zero-order chi connectivity index (χ0) is 40.5. The fourth-order valence-corrected chi connectivity index (χ4v) is 8.98. The van der Waals surface area contributed by atoms with Crippen LogP contribution in [0.2, 0.25) is 0 Å². The van der Waals surface area contributed by atoms with E-state index in [1.54, 1.807) is 21.3 Å². The van der Waals surface area contributed by atoms with E-state index in [0.717, 1.165) is 46.2 Å². The van der Waals surface area contributed by atoms with E-state index in [0.29, 0.717) is 91.4 Å². The average molecular weight is 781 g/mol. The molecule has 0 radical (unpaired) electrons. The Morgan fingerprint density at radius 3 is 1.96 bits per heavy atom. The first-order chi connectivity index (χ1) is 27.4. The Bertz CT molecular complexity index is 2150. The van der Waals surface area contributed by atoms with Crippen molar-refractivity contribution in [1.82, 2.24) is 0 Å². The molecule has 12 heteroatoms. The van der Waals surface area contributed by atoms with Crippen LogP contribution in [0.25, 0.3) is 0 Å². The smallest absolute Gasteiger partial charge is 0.204 e. The van der Waals surface area contributed by atoms with Crippen molar-refractivity contribution in [2.45, 2.75) is 57.5 Å². The highest BCUT2D eigenvalue weighted by molar-refractivity contribution is 5.67. The number of carbonyl (C=O) groups is 2. The highest BCUT2D eigenvalue weighted by Crippen LogP contribution is 2.54. The molecule has 0 saturated carbocycles. The van der Waals surface area contributed by atoms with Gasteiger partial charge in [-0.2, -0.15) is 0 Å².